The van der Waals surface area contributed by atoms with Gasteiger partial charge >= 0.3 is 5.97 Å². The lowest BCUT2D eigenvalue weighted by Crippen LogP contribution is -1.94. The van der Waals surface area contributed by atoms with Gasteiger partial charge in [0, 0.05) is 9.79 Å². The van der Waals surface area contributed by atoms with E-state index in [9.17, 15) is 9.18 Å². The average molecular weight is 262 g/mol. The molecule has 18 heavy (non-hydrogen) atoms. The van der Waals surface area contributed by atoms with Crippen LogP contribution in [0.2, 0.25) is 0 Å². The summed E-state index contributed by atoms with van der Waals surface area (Å²) in [5, 5.41) is 8.79. The Morgan fingerprint density at radius 3 is 2.39 bits per heavy atom. The Kier molecular flexibility index (Phi) is 3.67. The molecule has 92 valence electrons. The number of aryl methyl sites for hydroxylation is 1. The lowest BCUT2D eigenvalue weighted by molar-refractivity contribution is 0.0697. The molecule has 0 spiro atoms. The average Bonchev–Trinajstić information content (AvgIpc) is 2.33. The molecule has 0 aliphatic rings. The molecule has 0 aliphatic heterocycles. The molecule has 2 nitrogen and oxygen atoms in total. The Hall–Kier alpha value is -1.81. The Morgan fingerprint density at radius 2 is 1.83 bits per heavy atom. The van der Waals surface area contributed by atoms with E-state index in [1.807, 2.05) is 6.92 Å². The van der Waals surface area contributed by atoms with Crippen LogP contribution in [-0.4, -0.2) is 11.1 Å². The predicted molar refractivity (Wildman–Crippen MR) is 68.7 cm³/mol. The number of carboxylic acid groups (broad SMARTS) is 1. The number of carboxylic acids is 1. The van der Waals surface area contributed by atoms with Crippen molar-refractivity contribution < 1.29 is 14.3 Å². The van der Waals surface area contributed by atoms with Gasteiger partial charge in [-0.25, -0.2) is 9.18 Å². The fourth-order valence-electron chi connectivity index (χ4n) is 1.52. The Bertz CT molecular complexity index is 579. The summed E-state index contributed by atoms with van der Waals surface area (Å²) in [5.41, 5.74) is 1.12. The van der Waals surface area contributed by atoms with Crippen LogP contribution in [0.15, 0.2) is 52.3 Å². The minimum Gasteiger partial charge on any atom is -0.478 e. The van der Waals surface area contributed by atoms with Gasteiger partial charge in [0.15, 0.2) is 0 Å². The largest absolute Gasteiger partial charge is 0.478 e. The maximum Gasteiger partial charge on any atom is 0.335 e. The van der Waals surface area contributed by atoms with Crippen LogP contribution in [0.4, 0.5) is 4.39 Å². The summed E-state index contributed by atoms with van der Waals surface area (Å²) in [4.78, 5) is 12.6. The van der Waals surface area contributed by atoms with E-state index >= 15 is 0 Å². The predicted octanol–water partition coefficient (Wildman–Crippen LogP) is 3.98. The maximum absolute atomic E-state index is 13.0. The smallest absolute Gasteiger partial charge is 0.335 e. The number of benzene rings is 2. The molecule has 0 aromatic heterocycles. The normalized spacial score (nSPS) is 10.3. The summed E-state index contributed by atoms with van der Waals surface area (Å²) < 4.78 is 13.0. The van der Waals surface area contributed by atoms with Gasteiger partial charge < -0.3 is 5.11 Å². The van der Waals surface area contributed by atoms with Gasteiger partial charge in [-0.05, 0) is 55.0 Å². The quantitative estimate of drug-likeness (QED) is 0.909. The van der Waals surface area contributed by atoms with Crippen LogP contribution >= 0.6 is 11.8 Å². The van der Waals surface area contributed by atoms with E-state index in [2.05, 4.69) is 0 Å². The lowest BCUT2D eigenvalue weighted by atomic mass is 10.2. The fourth-order valence-corrected chi connectivity index (χ4v) is 2.40. The third-order valence-corrected chi connectivity index (χ3v) is 3.65. The van der Waals surface area contributed by atoms with E-state index in [-0.39, 0.29) is 11.4 Å². The molecule has 0 bridgehead atoms. The first kappa shape index (κ1) is 12.6. The fraction of sp³-hybridized carbons (Fsp3) is 0.0714. The van der Waals surface area contributed by atoms with E-state index in [0.29, 0.717) is 0 Å². The van der Waals surface area contributed by atoms with Crippen LogP contribution in [0.1, 0.15) is 15.9 Å². The molecular formula is C14H11FO2S. The second-order valence-electron chi connectivity index (χ2n) is 3.84. The van der Waals surface area contributed by atoms with Crippen LogP contribution < -0.4 is 0 Å². The van der Waals surface area contributed by atoms with Crippen molar-refractivity contribution in [1.82, 2.24) is 0 Å². The van der Waals surface area contributed by atoms with Gasteiger partial charge in [0.25, 0.3) is 0 Å². The summed E-state index contributed by atoms with van der Waals surface area (Å²) in [5.74, 6) is -1.19. The second-order valence-corrected chi connectivity index (χ2v) is 4.96. The molecule has 0 atom stereocenters. The van der Waals surface area contributed by atoms with Crippen LogP contribution in [0.25, 0.3) is 0 Å². The molecule has 0 aliphatic carbocycles. The van der Waals surface area contributed by atoms with Crippen LogP contribution in [-0.2, 0) is 0 Å². The zero-order valence-electron chi connectivity index (χ0n) is 9.68. The number of carbonyl (C=O) groups is 1. The van der Waals surface area contributed by atoms with Crippen molar-refractivity contribution in [1.29, 1.82) is 0 Å². The first-order valence-corrected chi connectivity index (χ1v) is 6.15. The van der Waals surface area contributed by atoms with E-state index < -0.39 is 5.97 Å². The molecule has 4 heteroatoms. The Labute approximate surface area is 108 Å². The summed E-state index contributed by atoms with van der Waals surface area (Å²) in [6, 6.07) is 11.2. The minimum atomic E-state index is -0.940. The first-order valence-electron chi connectivity index (χ1n) is 5.33. The standard InChI is InChI=1S/C14H11FO2S/c1-9-8-11(15)4-7-13(9)18-12-5-2-10(3-6-12)14(16)17/h2-8H,1H3,(H,16,17). The van der Waals surface area contributed by atoms with Crippen molar-refractivity contribution in [3.8, 4) is 0 Å². The van der Waals surface area contributed by atoms with Crippen molar-refractivity contribution in [2.75, 3.05) is 0 Å². The number of halogens is 1. The highest BCUT2D eigenvalue weighted by Crippen LogP contribution is 2.30. The maximum atomic E-state index is 13.0. The molecule has 0 radical (unpaired) electrons. The Balaban J connectivity index is 2.21. The van der Waals surface area contributed by atoms with E-state index in [4.69, 9.17) is 5.11 Å². The molecule has 2 rings (SSSR count). The lowest BCUT2D eigenvalue weighted by Gasteiger charge is -2.05. The second kappa shape index (κ2) is 5.23. The van der Waals surface area contributed by atoms with E-state index in [1.165, 1.54) is 23.9 Å². The first-order chi connectivity index (χ1) is 8.56. The van der Waals surface area contributed by atoms with Crippen molar-refractivity contribution >= 4 is 17.7 Å². The van der Waals surface area contributed by atoms with Crippen LogP contribution in [0, 0.1) is 12.7 Å². The monoisotopic (exact) mass is 262 g/mol. The zero-order chi connectivity index (χ0) is 13.1. The third-order valence-electron chi connectivity index (χ3n) is 2.47. The van der Waals surface area contributed by atoms with Gasteiger partial charge in [-0.2, -0.15) is 0 Å². The highest BCUT2D eigenvalue weighted by molar-refractivity contribution is 7.99. The number of rotatable bonds is 3. The number of hydrogen-bond acceptors (Lipinski definition) is 2. The molecule has 0 amide bonds. The van der Waals surface area contributed by atoms with Gasteiger partial charge in [-0.1, -0.05) is 11.8 Å². The van der Waals surface area contributed by atoms with Crippen molar-refractivity contribution in [2.45, 2.75) is 16.7 Å². The zero-order valence-corrected chi connectivity index (χ0v) is 10.5. The molecule has 2 aromatic rings. The summed E-state index contributed by atoms with van der Waals surface area (Å²) in [6.07, 6.45) is 0. The topological polar surface area (TPSA) is 37.3 Å². The molecule has 0 unspecified atom stereocenters. The van der Waals surface area contributed by atoms with E-state index in [1.54, 1.807) is 30.3 Å². The third kappa shape index (κ3) is 2.90. The van der Waals surface area contributed by atoms with Crippen molar-refractivity contribution in [3.63, 3.8) is 0 Å². The van der Waals surface area contributed by atoms with E-state index in [0.717, 1.165) is 15.4 Å². The van der Waals surface area contributed by atoms with Gasteiger partial charge in [0.1, 0.15) is 5.82 Å². The highest BCUT2D eigenvalue weighted by Gasteiger charge is 2.05. The number of hydrogen-bond donors (Lipinski definition) is 1. The molecule has 2 aromatic carbocycles. The van der Waals surface area contributed by atoms with Crippen molar-refractivity contribution in [3.05, 3.63) is 59.4 Å². The molecule has 0 heterocycles. The summed E-state index contributed by atoms with van der Waals surface area (Å²) in [6.45, 7) is 1.84. The summed E-state index contributed by atoms with van der Waals surface area (Å²) >= 11 is 1.48. The minimum absolute atomic E-state index is 0.252. The molecule has 0 saturated heterocycles. The highest BCUT2D eigenvalue weighted by atomic mass is 32.2. The van der Waals surface area contributed by atoms with Gasteiger partial charge in [0.2, 0.25) is 0 Å². The number of aromatic carboxylic acids is 1. The van der Waals surface area contributed by atoms with Crippen LogP contribution in [0.3, 0.4) is 0 Å². The molecule has 1 N–H and O–H groups in total. The molecule has 0 fully saturated rings. The van der Waals surface area contributed by atoms with Gasteiger partial charge in [-0.3, -0.25) is 0 Å². The van der Waals surface area contributed by atoms with Gasteiger partial charge in [-0.15, -0.1) is 0 Å². The van der Waals surface area contributed by atoms with Crippen LogP contribution in [0.5, 0.6) is 0 Å². The van der Waals surface area contributed by atoms with Crippen molar-refractivity contribution in [2.24, 2.45) is 0 Å². The SMILES string of the molecule is Cc1cc(F)ccc1Sc1ccc(C(=O)O)cc1. The summed E-state index contributed by atoms with van der Waals surface area (Å²) in [7, 11) is 0. The van der Waals surface area contributed by atoms with Gasteiger partial charge in [0.05, 0.1) is 5.56 Å². The molecular weight excluding hydrogens is 251 g/mol. The Morgan fingerprint density at radius 1 is 1.17 bits per heavy atom. The molecule has 0 saturated carbocycles.